The fraction of sp³-hybridized carbons (Fsp3) is 0.235. The van der Waals surface area contributed by atoms with E-state index in [1.54, 1.807) is 24.3 Å². The van der Waals surface area contributed by atoms with Crippen LogP contribution >= 0.6 is 0 Å². The van der Waals surface area contributed by atoms with E-state index in [2.05, 4.69) is 29.7 Å². The first-order valence-corrected chi connectivity index (χ1v) is 7.20. The van der Waals surface area contributed by atoms with Crippen molar-refractivity contribution in [1.29, 1.82) is 0 Å². The number of unbranched alkanes of at least 4 members (excludes halogenated alkanes) is 1. The number of hydrogen-bond acceptors (Lipinski definition) is 2. The van der Waals surface area contributed by atoms with Crippen molar-refractivity contribution in [3.8, 4) is 0 Å². The van der Waals surface area contributed by atoms with Crippen molar-refractivity contribution in [3.05, 3.63) is 54.1 Å². The zero-order valence-corrected chi connectivity index (χ0v) is 12.2. The summed E-state index contributed by atoms with van der Waals surface area (Å²) in [6.45, 7) is 2.18. The molecule has 0 bridgehead atoms. The zero-order chi connectivity index (χ0) is 15.1. The average Bonchev–Trinajstić information content (AvgIpc) is 2.49. The van der Waals surface area contributed by atoms with Gasteiger partial charge in [-0.05, 0) is 54.8 Å². The second kappa shape index (κ2) is 7.33. The number of nitrogens with one attached hydrogen (secondary N) is 2. The van der Waals surface area contributed by atoms with Gasteiger partial charge in [0.05, 0.1) is 0 Å². The van der Waals surface area contributed by atoms with E-state index in [9.17, 15) is 4.79 Å². The molecule has 0 aliphatic rings. The lowest BCUT2D eigenvalue weighted by Crippen LogP contribution is -2.19. The predicted octanol–water partition coefficient (Wildman–Crippen LogP) is 4.26. The van der Waals surface area contributed by atoms with Gasteiger partial charge in [-0.2, -0.15) is 0 Å². The number of benzene rings is 2. The Morgan fingerprint density at radius 3 is 2.00 bits per heavy atom. The molecule has 0 heterocycles. The number of anilines is 3. The van der Waals surface area contributed by atoms with Gasteiger partial charge in [-0.1, -0.05) is 25.5 Å². The van der Waals surface area contributed by atoms with Crippen LogP contribution in [0.4, 0.5) is 21.9 Å². The lowest BCUT2D eigenvalue weighted by Gasteiger charge is -2.08. The molecule has 0 spiro atoms. The third-order valence-corrected chi connectivity index (χ3v) is 3.20. The maximum absolute atomic E-state index is 11.9. The maximum Gasteiger partial charge on any atom is 0.323 e. The van der Waals surface area contributed by atoms with E-state index < -0.39 is 0 Å². The molecule has 4 heteroatoms. The Labute approximate surface area is 125 Å². The Balaban J connectivity index is 1.88. The monoisotopic (exact) mass is 283 g/mol. The molecule has 0 aromatic heterocycles. The minimum Gasteiger partial charge on any atom is -0.399 e. The van der Waals surface area contributed by atoms with Gasteiger partial charge in [0.25, 0.3) is 0 Å². The summed E-state index contributed by atoms with van der Waals surface area (Å²) < 4.78 is 0. The van der Waals surface area contributed by atoms with Gasteiger partial charge >= 0.3 is 6.03 Å². The number of nitrogen functional groups attached to an aromatic ring is 1. The van der Waals surface area contributed by atoms with E-state index in [4.69, 9.17) is 5.73 Å². The molecule has 0 radical (unpaired) electrons. The molecule has 2 rings (SSSR count). The van der Waals surface area contributed by atoms with Gasteiger partial charge in [0.2, 0.25) is 0 Å². The number of nitrogens with two attached hydrogens (primary N) is 1. The van der Waals surface area contributed by atoms with Crippen molar-refractivity contribution in [2.45, 2.75) is 26.2 Å². The summed E-state index contributed by atoms with van der Waals surface area (Å²) in [5.41, 5.74) is 9.05. The zero-order valence-electron chi connectivity index (χ0n) is 12.2. The molecule has 110 valence electrons. The topological polar surface area (TPSA) is 67.2 Å². The summed E-state index contributed by atoms with van der Waals surface area (Å²) in [5, 5.41) is 5.57. The van der Waals surface area contributed by atoms with Crippen LogP contribution in [0.2, 0.25) is 0 Å². The van der Waals surface area contributed by atoms with Gasteiger partial charge in [0.15, 0.2) is 0 Å². The van der Waals surface area contributed by atoms with Crippen LogP contribution in [-0.4, -0.2) is 6.03 Å². The highest BCUT2D eigenvalue weighted by atomic mass is 16.2. The minimum atomic E-state index is -0.263. The summed E-state index contributed by atoms with van der Waals surface area (Å²) >= 11 is 0. The van der Waals surface area contributed by atoms with Crippen molar-refractivity contribution >= 4 is 23.1 Å². The molecule has 2 amide bonds. The van der Waals surface area contributed by atoms with Crippen molar-refractivity contribution < 1.29 is 4.79 Å². The molecular weight excluding hydrogens is 262 g/mol. The van der Waals surface area contributed by atoms with Gasteiger partial charge in [-0.15, -0.1) is 0 Å². The van der Waals surface area contributed by atoms with Crippen LogP contribution < -0.4 is 16.4 Å². The Morgan fingerprint density at radius 2 is 1.48 bits per heavy atom. The third-order valence-electron chi connectivity index (χ3n) is 3.20. The van der Waals surface area contributed by atoms with Crippen LogP contribution in [0.25, 0.3) is 0 Å². The van der Waals surface area contributed by atoms with Crippen LogP contribution in [0.3, 0.4) is 0 Å². The van der Waals surface area contributed by atoms with E-state index in [1.807, 2.05) is 12.1 Å². The fourth-order valence-electron chi connectivity index (χ4n) is 2.00. The number of rotatable bonds is 5. The first-order chi connectivity index (χ1) is 10.2. The first-order valence-electron chi connectivity index (χ1n) is 7.20. The molecule has 4 N–H and O–H groups in total. The maximum atomic E-state index is 11.9. The van der Waals surface area contributed by atoms with Crippen LogP contribution in [0.15, 0.2) is 48.5 Å². The normalized spacial score (nSPS) is 10.1. The lowest BCUT2D eigenvalue weighted by molar-refractivity contribution is 0.262. The minimum absolute atomic E-state index is 0.263. The quantitative estimate of drug-likeness (QED) is 0.718. The Bertz CT molecular complexity index is 576. The number of urea groups is 1. The molecule has 0 aliphatic heterocycles. The molecular formula is C17H21N3O. The second-order valence-corrected chi connectivity index (χ2v) is 5.00. The molecule has 0 fully saturated rings. The number of carbonyl (C=O) groups is 1. The van der Waals surface area contributed by atoms with Crippen molar-refractivity contribution in [2.75, 3.05) is 16.4 Å². The second-order valence-electron chi connectivity index (χ2n) is 5.00. The molecule has 0 unspecified atom stereocenters. The number of aryl methyl sites for hydroxylation is 1. The molecule has 4 nitrogen and oxygen atoms in total. The summed E-state index contributed by atoms with van der Waals surface area (Å²) in [6, 6.07) is 14.7. The van der Waals surface area contributed by atoms with Crippen LogP contribution in [0.5, 0.6) is 0 Å². The van der Waals surface area contributed by atoms with E-state index in [1.165, 1.54) is 18.4 Å². The van der Waals surface area contributed by atoms with Gasteiger partial charge in [-0.3, -0.25) is 0 Å². The molecule has 0 atom stereocenters. The molecule has 0 aliphatic carbocycles. The highest BCUT2D eigenvalue weighted by Gasteiger charge is 2.02. The highest BCUT2D eigenvalue weighted by Crippen LogP contribution is 2.14. The van der Waals surface area contributed by atoms with E-state index in [0.717, 1.165) is 12.1 Å². The Kier molecular flexibility index (Phi) is 5.21. The van der Waals surface area contributed by atoms with Gasteiger partial charge in [-0.25, -0.2) is 4.79 Å². The third kappa shape index (κ3) is 4.84. The molecule has 0 saturated carbocycles. The number of amides is 2. The van der Waals surface area contributed by atoms with Gasteiger partial charge < -0.3 is 16.4 Å². The SMILES string of the molecule is CCCCc1ccc(NC(=O)Nc2ccc(N)cc2)cc1. The Morgan fingerprint density at radius 1 is 0.952 bits per heavy atom. The lowest BCUT2D eigenvalue weighted by atomic mass is 10.1. The summed E-state index contributed by atoms with van der Waals surface area (Å²) in [7, 11) is 0. The number of carbonyl (C=O) groups excluding carboxylic acids is 1. The summed E-state index contributed by atoms with van der Waals surface area (Å²) in [5.74, 6) is 0. The summed E-state index contributed by atoms with van der Waals surface area (Å²) in [6.07, 6.45) is 3.45. The molecule has 0 saturated heterocycles. The van der Waals surface area contributed by atoms with Gasteiger partial charge in [0, 0.05) is 17.1 Å². The standard InChI is InChI=1S/C17H21N3O/c1-2-3-4-13-5-9-15(10-6-13)19-17(21)20-16-11-7-14(18)8-12-16/h5-12H,2-4,18H2,1H3,(H2,19,20,21). The molecule has 2 aromatic rings. The van der Waals surface area contributed by atoms with Gasteiger partial charge in [0.1, 0.15) is 0 Å². The van der Waals surface area contributed by atoms with E-state index in [0.29, 0.717) is 11.4 Å². The Hall–Kier alpha value is -2.49. The first kappa shape index (κ1) is 14.9. The predicted molar refractivity (Wildman–Crippen MR) is 88.5 cm³/mol. The highest BCUT2D eigenvalue weighted by molar-refractivity contribution is 5.99. The van der Waals surface area contributed by atoms with Crippen LogP contribution in [0.1, 0.15) is 25.3 Å². The largest absolute Gasteiger partial charge is 0.399 e. The summed E-state index contributed by atoms with van der Waals surface area (Å²) in [4.78, 5) is 11.9. The van der Waals surface area contributed by atoms with Crippen molar-refractivity contribution in [3.63, 3.8) is 0 Å². The smallest absolute Gasteiger partial charge is 0.323 e. The van der Waals surface area contributed by atoms with Crippen molar-refractivity contribution in [2.24, 2.45) is 0 Å². The van der Waals surface area contributed by atoms with E-state index in [-0.39, 0.29) is 6.03 Å². The van der Waals surface area contributed by atoms with E-state index >= 15 is 0 Å². The van der Waals surface area contributed by atoms with Crippen LogP contribution in [0, 0.1) is 0 Å². The fourth-order valence-corrected chi connectivity index (χ4v) is 2.00. The molecule has 21 heavy (non-hydrogen) atoms. The number of hydrogen-bond donors (Lipinski definition) is 3. The average molecular weight is 283 g/mol. The molecule has 2 aromatic carbocycles. The van der Waals surface area contributed by atoms with Crippen LogP contribution in [-0.2, 0) is 6.42 Å². The van der Waals surface area contributed by atoms with Crippen molar-refractivity contribution in [1.82, 2.24) is 0 Å².